The molecule has 2 aromatic carbocycles. The van der Waals surface area contributed by atoms with Gasteiger partial charge in [-0.2, -0.15) is 0 Å². The number of hydrogen-bond donors (Lipinski definition) is 3. The van der Waals surface area contributed by atoms with Crippen LogP contribution in [0.4, 0.5) is 11.4 Å². The van der Waals surface area contributed by atoms with E-state index in [1.165, 1.54) is 6.92 Å². The minimum absolute atomic E-state index is 0.191. The molecule has 2 aromatic rings. The van der Waals surface area contributed by atoms with E-state index in [4.69, 9.17) is 11.5 Å². The highest BCUT2D eigenvalue weighted by Crippen LogP contribution is 2.31. The second-order valence-corrected chi connectivity index (χ2v) is 4.39. The largest absolute Gasteiger partial charge is 0.398 e. The molecular formula is C15H15N3O2. The molecule has 0 saturated heterocycles. The highest BCUT2D eigenvalue weighted by molar-refractivity contribution is 6.02. The number of benzene rings is 2. The molecule has 0 fully saturated rings. The Labute approximate surface area is 116 Å². The summed E-state index contributed by atoms with van der Waals surface area (Å²) < 4.78 is 0. The number of carbonyl (C=O) groups excluding carboxylic acids is 2. The number of nitrogens with one attached hydrogen (secondary N) is 1. The number of rotatable bonds is 3. The lowest BCUT2D eigenvalue weighted by molar-refractivity contribution is -0.114. The zero-order valence-corrected chi connectivity index (χ0v) is 11.0. The average molecular weight is 269 g/mol. The van der Waals surface area contributed by atoms with Gasteiger partial charge in [-0.1, -0.05) is 18.2 Å². The summed E-state index contributed by atoms with van der Waals surface area (Å²) in [4.78, 5) is 22.7. The van der Waals surface area contributed by atoms with Gasteiger partial charge in [0.15, 0.2) is 0 Å². The number of nitrogen functional groups attached to an aromatic ring is 1. The lowest BCUT2D eigenvalue weighted by atomic mass is 9.97. The smallest absolute Gasteiger partial charge is 0.249 e. The fourth-order valence-electron chi connectivity index (χ4n) is 2.01. The number of carbonyl (C=O) groups is 2. The minimum Gasteiger partial charge on any atom is -0.398 e. The summed E-state index contributed by atoms with van der Waals surface area (Å²) in [6.07, 6.45) is 0. The number of hydrogen-bond acceptors (Lipinski definition) is 3. The predicted octanol–water partition coefficient (Wildman–Crippen LogP) is 1.99. The summed E-state index contributed by atoms with van der Waals surface area (Å²) >= 11 is 0. The molecule has 0 spiro atoms. The van der Waals surface area contributed by atoms with Crippen molar-refractivity contribution in [3.8, 4) is 11.1 Å². The molecule has 0 unspecified atom stereocenters. The first kappa shape index (κ1) is 13.6. The van der Waals surface area contributed by atoms with Crippen molar-refractivity contribution in [3.05, 3.63) is 48.0 Å². The first-order valence-electron chi connectivity index (χ1n) is 6.05. The van der Waals surface area contributed by atoms with E-state index in [2.05, 4.69) is 5.32 Å². The van der Waals surface area contributed by atoms with Crippen LogP contribution in [0, 0.1) is 0 Å². The van der Waals surface area contributed by atoms with Crippen molar-refractivity contribution in [3.63, 3.8) is 0 Å². The average Bonchev–Trinajstić information content (AvgIpc) is 2.38. The molecule has 0 atom stereocenters. The van der Waals surface area contributed by atoms with Crippen LogP contribution in [-0.4, -0.2) is 11.8 Å². The fourth-order valence-corrected chi connectivity index (χ4v) is 2.01. The summed E-state index contributed by atoms with van der Waals surface area (Å²) in [7, 11) is 0. The Hall–Kier alpha value is -2.82. The SMILES string of the molecule is CC(=O)Nc1ccc(C(N)=O)c(-c2ccccc2N)c1. The second kappa shape index (κ2) is 5.44. The van der Waals surface area contributed by atoms with Crippen LogP contribution in [0.3, 0.4) is 0 Å². The monoisotopic (exact) mass is 269 g/mol. The molecule has 0 saturated carbocycles. The Morgan fingerprint density at radius 1 is 1.05 bits per heavy atom. The third kappa shape index (κ3) is 2.77. The number of primary amides is 1. The molecule has 0 aliphatic heterocycles. The summed E-state index contributed by atoms with van der Waals surface area (Å²) in [5, 5.41) is 2.67. The number of anilines is 2. The van der Waals surface area contributed by atoms with Gasteiger partial charge in [0.2, 0.25) is 11.8 Å². The first-order valence-corrected chi connectivity index (χ1v) is 6.05. The van der Waals surface area contributed by atoms with Gasteiger partial charge in [-0.25, -0.2) is 0 Å². The molecule has 5 N–H and O–H groups in total. The molecule has 0 aromatic heterocycles. The zero-order chi connectivity index (χ0) is 14.7. The van der Waals surface area contributed by atoms with Crippen molar-refractivity contribution < 1.29 is 9.59 Å². The normalized spacial score (nSPS) is 10.1. The van der Waals surface area contributed by atoms with Crippen LogP contribution >= 0.6 is 0 Å². The number of nitrogens with two attached hydrogens (primary N) is 2. The minimum atomic E-state index is -0.544. The number of para-hydroxylation sites is 1. The maximum absolute atomic E-state index is 11.5. The molecule has 102 valence electrons. The topological polar surface area (TPSA) is 98.2 Å². The molecule has 5 nitrogen and oxygen atoms in total. The lowest BCUT2D eigenvalue weighted by Crippen LogP contribution is -2.13. The van der Waals surface area contributed by atoms with E-state index < -0.39 is 5.91 Å². The van der Waals surface area contributed by atoms with Crippen molar-refractivity contribution in [2.24, 2.45) is 5.73 Å². The van der Waals surface area contributed by atoms with Gasteiger partial charge in [-0.15, -0.1) is 0 Å². The van der Waals surface area contributed by atoms with E-state index in [-0.39, 0.29) is 5.91 Å². The number of amides is 2. The Bertz CT molecular complexity index is 681. The molecule has 2 rings (SSSR count). The van der Waals surface area contributed by atoms with E-state index in [0.29, 0.717) is 28.1 Å². The molecule has 2 amide bonds. The lowest BCUT2D eigenvalue weighted by Gasteiger charge is -2.12. The summed E-state index contributed by atoms with van der Waals surface area (Å²) in [6, 6.07) is 12.1. The van der Waals surface area contributed by atoms with Crippen molar-refractivity contribution >= 4 is 23.2 Å². The van der Waals surface area contributed by atoms with Gasteiger partial charge < -0.3 is 16.8 Å². The van der Waals surface area contributed by atoms with Gasteiger partial charge in [-0.3, -0.25) is 9.59 Å². The van der Waals surface area contributed by atoms with Gasteiger partial charge in [-0.05, 0) is 29.8 Å². The van der Waals surface area contributed by atoms with E-state index >= 15 is 0 Å². The van der Waals surface area contributed by atoms with Crippen LogP contribution in [0.15, 0.2) is 42.5 Å². The van der Waals surface area contributed by atoms with Crippen LogP contribution in [-0.2, 0) is 4.79 Å². The van der Waals surface area contributed by atoms with Crippen molar-refractivity contribution in [2.45, 2.75) is 6.92 Å². The quantitative estimate of drug-likeness (QED) is 0.743. The first-order chi connectivity index (χ1) is 9.49. The van der Waals surface area contributed by atoms with E-state index in [0.717, 1.165) is 0 Å². The van der Waals surface area contributed by atoms with Crippen LogP contribution < -0.4 is 16.8 Å². The summed E-state index contributed by atoms with van der Waals surface area (Å²) in [5.41, 5.74) is 14.1. The Morgan fingerprint density at radius 3 is 2.35 bits per heavy atom. The molecule has 0 aliphatic carbocycles. The van der Waals surface area contributed by atoms with E-state index in [9.17, 15) is 9.59 Å². The van der Waals surface area contributed by atoms with Crippen LogP contribution in [0.2, 0.25) is 0 Å². The predicted molar refractivity (Wildman–Crippen MR) is 79.1 cm³/mol. The van der Waals surface area contributed by atoms with Crippen LogP contribution in [0.25, 0.3) is 11.1 Å². The van der Waals surface area contributed by atoms with Gasteiger partial charge in [0, 0.05) is 29.4 Å². The molecular weight excluding hydrogens is 254 g/mol. The van der Waals surface area contributed by atoms with Crippen LogP contribution in [0.5, 0.6) is 0 Å². The standard InChI is InChI=1S/C15H15N3O2/c1-9(19)18-10-6-7-12(15(17)20)13(8-10)11-4-2-3-5-14(11)16/h2-8H,16H2,1H3,(H2,17,20)(H,18,19). The van der Waals surface area contributed by atoms with Crippen molar-refractivity contribution in [2.75, 3.05) is 11.1 Å². The van der Waals surface area contributed by atoms with Gasteiger partial charge in [0.05, 0.1) is 0 Å². The molecule has 20 heavy (non-hydrogen) atoms. The molecule has 0 bridgehead atoms. The Kier molecular flexibility index (Phi) is 3.70. The zero-order valence-electron chi connectivity index (χ0n) is 11.0. The highest BCUT2D eigenvalue weighted by Gasteiger charge is 2.13. The summed E-state index contributed by atoms with van der Waals surface area (Å²) in [5.74, 6) is -0.735. The second-order valence-electron chi connectivity index (χ2n) is 4.39. The Morgan fingerprint density at radius 2 is 1.75 bits per heavy atom. The summed E-state index contributed by atoms with van der Waals surface area (Å²) in [6.45, 7) is 1.42. The van der Waals surface area contributed by atoms with Gasteiger partial charge in [0.25, 0.3) is 0 Å². The Balaban J connectivity index is 2.61. The highest BCUT2D eigenvalue weighted by atomic mass is 16.1. The van der Waals surface area contributed by atoms with Gasteiger partial charge in [0.1, 0.15) is 0 Å². The van der Waals surface area contributed by atoms with E-state index in [1.807, 2.05) is 6.07 Å². The van der Waals surface area contributed by atoms with Gasteiger partial charge >= 0.3 is 0 Å². The van der Waals surface area contributed by atoms with Crippen molar-refractivity contribution in [1.82, 2.24) is 0 Å². The molecule has 5 heteroatoms. The van der Waals surface area contributed by atoms with E-state index in [1.54, 1.807) is 36.4 Å². The molecule has 0 heterocycles. The van der Waals surface area contributed by atoms with Crippen molar-refractivity contribution in [1.29, 1.82) is 0 Å². The molecule has 0 aliphatic rings. The molecule has 0 radical (unpaired) electrons. The fraction of sp³-hybridized carbons (Fsp3) is 0.0667. The maximum atomic E-state index is 11.5. The third-order valence-corrected chi connectivity index (χ3v) is 2.86. The third-order valence-electron chi connectivity index (χ3n) is 2.86. The van der Waals surface area contributed by atoms with Crippen LogP contribution in [0.1, 0.15) is 17.3 Å². The maximum Gasteiger partial charge on any atom is 0.249 e.